The Bertz CT molecular complexity index is 769. The van der Waals surface area contributed by atoms with Crippen LogP contribution in [0.5, 0.6) is 0 Å². The van der Waals surface area contributed by atoms with Gasteiger partial charge in [-0.3, -0.25) is 9.78 Å². The van der Waals surface area contributed by atoms with E-state index >= 15 is 0 Å². The Morgan fingerprint density at radius 2 is 2.00 bits per heavy atom. The average Bonchev–Trinajstić information content (AvgIpc) is 2.68. The number of aromatic nitrogens is 2. The number of carbonyl (C=O) groups is 1. The molecule has 0 aromatic carbocycles. The second-order valence-electron chi connectivity index (χ2n) is 7.07. The van der Waals surface area contributed by atoms with Gasteiger partial charge in [0.1, 0.15) is 0 Å². The van der Waals surface area contributed by atoms with Crippen LogP contribution in [-0.2, 0) is 11.2 Å². The molecule has 4 rings (SSSR count). The predicted molar refractivity (Wildman–Crippen MR) is 97.2 cm³/mol. The van der Waals surface area contributed by atoms with Gasteiger partial charge >= 0.3 is 0 Å². The number of amides is 1. The quantitative estimate of drug-likeness (QED) is 0.847. The molecular formula is C20H23FN4O. The molecule has 2 fully saturated rings. The summed E-state index contributed by atoms with van der Waals surface area (Å²) in [6.07, 6.45) is 6.49. The number of carbonyl (C=O) groups excluding carboxylic acids is 1. The number of fused-ring (bicyclic) bond motifs is 1. The van der Waals surface area contributed by atoms with Crippen LogP contribution in [0.3, 0.4) is 0 Å². The number of pyridine rings is 2. The van der Waals surface area contributed by atoms with Gasteiger partial charge in [0.2, 0.25) is 5.91 Å². The van der Waals surface area contributed by atoms with E-state index in [1.54, 1.807) is 18.5 Å². The number of nitrogens with zero attached hydrogens (tertiary/aromatic N) is 4. The maximum atomic E-state index is 14.1. The monoisotopic (exact) mass is 354 g/mol. The van der Waals surface area contributed by atoms with Crippen LogP contribution in [-0.4, -0.2) is 46.5 Å². The molecule has 0 spiro atoms. The number of anilines is 1. The van der Waals surface area contributed by atoms with Crippen LogP contribution >= 0.6 is 0 Å². The highest BCUT2D eigenvalue weighted by molar-refractivity contribution is 5.77. The third kappa shape index (κ3) is 3.41. The molecule has 0 aliphatic carbocycles. The van der Waals surface area contributed by atoms with Gasteiger partial charge in [-0.15, -0.1) is 0 Å². The lowest BCUT2D eigenvalue weighted by molar-refractivity contribution is -0.139. The lowest BCUT2D eigenvalue weighted by Gasteiger charge is -2.47. The summed E-state index contributed by atoms with van der Waals surface area (Å²) in [5, 5.41) is 0. The number of likely N-dealkylation sites (tertiary alicyclic amines) is 1. The molecule has 4 heterocycles. The fourth-order valence-electron chi connectivity index (χ4n) is 4.23. The summed E-state index contributed by atoms with van der Waals surface area (Å²) in [6.45, 7) is 2.18. The van der Waals surface area contributed by atoms with Crippen molar-refractivity contribution in [3.05, 3.63) is 54.2 Å². The van der Waals surface area contributed by atoms with Crippen LogP contribution in [0.4, 0.5) is 10.2 Å². The Labute approximate surface area is 152 Å². The highest BCUT2D eigenvalue weighted by Crippen LogP contribution is 2.33. The number of halogens is 1. The van der Waals surface area contributed by atoms with E-state index in [1.807, 2.05) is 28.0 Å². The van der Waals surface area contributed by atoms with Crippen LogP contribution in [0.15, 0.2) is 42.7 Å². The van der Waals surface area contributed by atoms with E-state index in [0.29, 0.717) is 24.7 Å². The van der Waals surface area contributed by atoms with Crippen LogP contribution in [0.25, 0.3) is 0 Å². The smallest absolute Gasteiger partial charge is 0.222 e. The Balaban J connectivity index is 1.44. The van der Waals surface area contributed by atoms with Gasteiger partial charge in [0.25, 0.3) is 0 Å². The highest BCUT2D eigenvalue weighted by atomic mass is 19.1. The van der Waals surface area contributed by atoms with Crippen molar-refractivity contribution in [2.24, 2.45) is 5.92 Å². The number of hydrogen-bond acceptors (Lipinski definition) is 4. The molecule has 0 unspecified atom stereocenters. The minimum absolute atomic E-state index is 0.236. The molecule has 2 aliphatic rings. The molecule has 2 aliphatic heterocycles. The van der Waals surface area contributed by atoms with Crippen LogP contribution in [0.2, 0.25) is 0 Å². The summed E-state index contributed by atoms with van der Waals surface area (Å²) in [7, 11) is 0. The van der Waals surface area contributed by atoms with Gasteiger partial charge in [0.15, 0.2) is 11.6 Å². The van der Waals surface area contributed by atoms with Crippen LogP contribution in [0.1, 0.15) is 25.0 Å². The van der Waals surface area contributed by atoms with Crippen molar-refractivity contribution in [2.75, 3.05) is 24.5 Å². The Hall–Kier alpha value is -2.50. The molecule has 2 aromatic heterocycles. The van der Waals surface area contributed by atoms with E-state index in [4.69, 9.17) is 0 Å². The van der Waals surface area contributed by atoms with E-state index in [9.17, 15) is 9.18 Å². The first-order chi connectivity index (χ1) is 12.7. The molecule has 26 heavy (non-hydrogen) atoms. The largest absolute Gasteiger partial charge is 0.354 e. The summed E-state index contributed by atoms with van der Waals surface area (Å²) in [6, 6.07) is 9.18. The first-order valence-electron chi connectivity index (χ1n) is 9.27. The summed E-state index contributed by atoms with van der Waals surface area (Å²) in [5.41, 5.74) is 1.01. The normalized spacial score (nSPS) is 23.0. The van der Waals surface area contributed by atoms with Gasteiger partial charge < -0.3 is 9.80 Å². The van der Waals surface area contributed by atoms with Crippen molar-refractivity contribution in [1.29, 1.82) is 0 Å². The third-order valence-corrected chi connectivity index (χ3v) is 5.52. The molecular weight excluding hydrogens is 331 g/mol. The standard InChI is InChI=1S/C20H23FN4O/c21-17-5-3-11-23-20(17)24-12-9-18-15(14-24)6-7-19(26)25(18)13-8-16-4-1-2-10-22-16/h1-5,10-11,15,18H,6-9,12-14H2/t15-,18+/m0/s1. The fourth-order valence-corrected chi connectivity index (χ4v) is 4.23. The Morgan fingerprint density at radius 3 is 2.81 bits per heavy atom. The van der Waals surface area contributed by atoms with Crippen LogP contribution < -0.4 is 4.90 Å². The van der Waals surface area contributed by atoms with Gasteiger partial charge in [0.05, 0.1) is 0 Å². The number of rotatable bonds is 4. The minimum atomic E-state index is -0.273. The first kappa shape index (κ1) is 16.9. The fraction of sp³-hybridized carbons (Fsp3) is 0.450. The zero-order chi connectivity index (χ0) is 17.9. The first-order valence-corrected chi connectivity index (χ1v) is 9.27. The van der Waals surface area contributed by atoms with Crippen molar-refractivity contribution in [2.45, 2.75) is 31.7 Å². The van der Waals surface area contributed by atoms with Gasteiger partial charge in [0, 0.05) is 56.6 Å². The average molecular weight is 354 g/mol. The second-order valence-corrected chi connectivity index (χ2v) is 7.07. The van der Waals surface area contributed by atoms with Crippen LogP contribution in [0, 0.1) is 11.7 Å². The van der Waals surface area contributed by atoms with Gasteiger partial charge in [-0.25, -0.2) is 9.37 Å². The van der Waals surface area contributed by atoms with Crippen molar-refractivity contribution < 1.29 is 9.18 Å². The molecule has 136 valence electrons. The summed E-state index contributed by atoms with van der Waals surface area (Å²) in [4.78, 5) is 25.1. The molecule has 6 heteroatoms. The zero-order valence-corrected chi connectivity index (χ0v) is 14.7. The highest BCUT2D eigenvalue weighted by Gasteiger charge is 2.39. The summed E-state index contributed by atoms with van der Waals surface area (Å²) < 4.78 is 14.1. The topological polar surface area (TPSA) is 49.3 Å². The molecule has 1 amide bonds. The molecule has 2 saturated heterocycles. The Morgan fingerprint density at radius 1 is 1.12 bits per heavy atom. The number of hydrogen-bond donors (Lipinski definition) is 0. The molecule has 2 atom stereocenters. The zero-order valence-electron chi connectivity index (χ0n) is 14.7. The lowest BCUT2D eigenvalue weighted by atomic mass is 9.83. The van der Waals surface area contributed by atoms with E-state index in [1.165, 1.54) is 6.07 Å². The second kappa shape index (κ2) is 7.40. The maximum absolute atomic E-state index is 14.1. The lowest BCUT2D eigenvalue weighted by Crippen LogP contribution is -2.56. The van der Waals surface area contributed by atoms with Gasteiger partial charge in [-0.2, -0.15) is 0 Å². The minimum Gasteiger partial charge on any atom is -0.354 e. The van der Waals surface area contributed by atoms with Crippen molar-refractivity contribution >= 4 is 11.7 Å². The van der Waals surface area contributed by atoms with Crippen molar-refractivity contribution in [3.8, 4) is 0 Å². The van der Waals surface area contributed by atoms with Crippen molar-refractivity contribution in [1.82, 2.24) is 14.9 Å². The van der Waals surface area contributed by atoms with E-state index < -0.39 is 0 Å². The molecule has 0 N–H and O–H groups in total. The SMILES string of the molecule is O=C1CC[C@H]2CN(c3ncccc3F)CC[C@H]2N1CCc1ccccn1. The molecule has 5 nitrogen and oxygen atoms in total. The molecule has 0 saturated carbocycles. The molecule has 0 bridgehead atoms. The van der Waals surface area contributed by atoms with E-state index in [2.05, 4.69) is 9.97 Å². The van der Waals surface area contributed by atoms with E-state index in [-0.39, 0.29) is 17.8 Å². The van der Waals surface area contributed by atoms with E-state index in [0.717, 1.165) is 38.0 Å². The Kier molecular flexibility index (Phi) is 4.82. The summed E-state index contributed by atoms with van der Waals surface area (Å²) in [5.74, 6) is 0.763. The molecule has 0 radical (unpaired) electrons. The number of piperidine rings is 2. The summed E-state index contributed by atoms with van der Waals surface area (Å²) >= 11 is 0. The molecule has 2 aromatic rings. The van der Waals surface area contributed by atoms with Gasteiger partial charge in [-0.1, -0.05) is 6.07 Å². The maximum Gasteiger partial charge on any atom is 0.222 e. The van der Waals surface area contributed by atoms with Crippen molar-refractivity contribution in [3.63, 3.8) is 0 Å². The van der Waals surface area contributed by atoms with Gasteiger partial charge in [-0.05, 0) is 43.0 Å². The third-order valence-electron chi connectivity index (χ3n) is 5.52. The predicted octanol–water partition coefficient (Wildman–Crippen LogP) is 2.68.